The SMILES string of the molecule is CC(C)(C)c1ccc(S(=O)(=O)NC2(C(=O)O)CC2c2ccccc2)cc1. The van der Waals surface area contributed by atoms with Crippen molar-refractivity contribution in [2.45, 2.75) is 49.0 Å². The molecule has 0 heterocycles. The van der Waals surface area contributed by atoms with Gasteiger partial charge in [0.2, 0.25) is 10.0 Å². The van der Waals surface area contributed by atoms with Crippen molar-refractivity contribution in [1.29, 1.82) is 0 Å². The smallest absolute Gasteiger partial charge is 0.325 e. The van der Waals surface area contributed by atoms with E-state index in [1.54, 1.807) is 12.1 Å². The van der Waals surface area contributed by atoms with E-state index in [4.69, 9.17) is 0 Å². The average Bonchev–Trinajstić information content (AvgIpc) is 3.30. The lowest BCUT2D eigenvalue weighted by molar-refractivity contribution is -0.140. The van der Waals surface area contributed by atoms with E-state index >= 15 is 0 Å². The normalized spacial score (nSPS) is 22.8. The third-order valence-electron chi connectivity index (χ3n) is 4.89. The Morgan fingerprint density at radius 3 is 2.15 bits per heavy atom. The van der Waals surface area contributed by atoms with Gasteiger partial charge in [-0.2, -0.15) is 4.72 Å². The van der Waals surface area contributed by atoms with E-state index in [1.165, 1.54) is 12.1 Å². The first kappa shape index (κ1) is 18.6. The minimum absolute atomic E-state index is 0.0739. The van der Waals surface area contributed by atoms with E-state index in [1.807, 2.05) is 51.1 Å². The summed E-state index contributed by atoms with van der Waals surface area (Å²) in [4.78, 5) is 11.9. The largest absolute Gasteiger partial charge is 0.480 e. The van der Waals surface area contributed by atoms with Crippen LogP contribution < -0.4 is 4.72 Å². The summed E-state index contributed by atoms with van der Waals surface area (Å²) in [7, 11) is -3.93. The molecular weight excluding hydrogens is 350 g/mol. The molecule has 6 heteroatoms. The molecule has 1 aliphatic carbocycles. The average molecular weight is 373 g/mol. The van der Waals surface area contributed by atoms with Crippen molar-refractivity contribution >= 4 is 16.0 Å². The third-order valence-corrected chi connectivity index (χ3v) is 6.42. The maximum Gasteiger partial charge on any atom is 0.325 e. The predicted octanol–water partition coefficient (Wildman–Crippen LogP) is 3.27. The third kappa shape index (κ3) is 3.39. The van der Waals surface area contributed by atoms with Crippen LogP contribution in [0.4, 0.5) is 0 Å². The fourth-order valence-electron chi connectivity index (χ4n) is 3.18. The topological polar surface area (TPSA) is 83.5 Å². The van der Waals surface area contributed by atoms with Crippen LogP contribution >= 0.6 is 0 Å². The van der Waals surface area contributed by atoms with Gasteiger partial charge in [-0.15, -0.1) is 0 Å². The molecule has 0 aliphatic heterocycles. The molecule has 5 nitrogen and oxygen atoms in total. The number of carboxylic acid groups (broad SMARTS) is 1. The van der Waals surface area contributed by atoms with Crippen molar-refractivity contribution in [3.05, 3.63) is 65.7 Å². The Balaban J connectivity index is 1.87. The molecule has 0 spiro atoms. The second-order valence-electron chi connectivity index (χ2n) is 7.82. The molecule has 2 aromatic rings. The van der Waals surface area contributed by atoms with E-state index < -0.39 is 21.5 Å². The Kier molecular flexibility index (Phi) is 4.45. The molecule has 0 saturated heterocycles. The molecule has 0 radical (unpaired) electrons. The summed E-state index contributed by atoms with van der Waals surface area (Å²) < 4.78 is 28.0. The summed E-state index contributed by atoms with van der Waals surface area (Å²) in [6, 6.07) is 15.7. The number of hydrogen-bond acceptors (Lipinski definition) is 3. The van der Waals surface area contributed by atoms with Crippen LogP contribution in [0.5, 0.6) is 0 Å². The van der Waals surface area contributed by atoms with Crippen LogP contribution in [0.2, 0.25) is 0 Å². The van der Waals surface area contributed by atoms with Crippen LogP contribution in [0.1, 0.15) is 44.2 Å². The van der Waals surface area contributed by atoms with Crippen LogP contribution in [0.25, 0.3) is 0 Å². The summed E-state index contributed by atoms with van der Waals surface area (Å²) in [5, 5.41) is 9.67. The summed E-state index contributed by atoms with van der Waals surface area (Å²) in [6.45, 7) is 6.13. The highest BCUT2D eigenvalue weighted by Crippen LogP contribution is 2.52. The van der Waals surface area contributed by atoms with Gasteiger partial charge in [-0.1, -0.05) is 63.2 Å². The summed E-state index contributed by atoms with van der Waals surface area (Å²) >= 11 is 0. The van der Waals surface area contributed by atoms with E-state index in [9.17, 15) is 18.3 Å². The Morgan fingerprint density at radius 1 is 1.08 bits per heavy atom. The van der Waals surface area contributed by atoms with Gasteiger partial charge >= 0.3 is 5.97 Å². The first-order valence-electron chi connectivity index (χ1n) is 8.49. The zero-order valence-corrected chi connectivity index (χ0v) is 15.9. The van der Waals surface area contributed by atoms with E-state index in [0.29, 0.717) is 0 Å². The van der Waals surface area contributed by atoms with Gasteiger partial charge in [0, 0.05) is 5.92 Å². The molecule has 0 aromatic heterocycles. The molecule has 26 heavy (non-hydrogen) atoms. The summed E-state index contributed by atoms with van der Waals surface area (Å²) in [6.07, 6.45) is 0.242. The summed E-state index contributed by atoms with van der Waals surface area (Å²) in [5.74, 6) is -1.52. The standard InChI is InChI=1S/C20H23NO4S/c1-19(2,3)15-9-11-16(12-10-15)26(24,25)21-20(18(22)23)13-17(20)14-7-5-4-6-8-14/h4-12,17,21H,13H2,1-3H3,(H,22,23). The zero-order chi connectivity index (χ0) is 19.2. The van der Waals surface area contributed by atoms with Crippen molar-refractivity contribution in [3.63, 3.8) is 0 Å². The Bertz CT molecular complexity index is 915. The zero-order valence-electron chi connectivity index (χ0n) is 15.1. The molecular formula is C20H23NO4S. The molecule has 0 amide bonds. The van der Waals surface area contributed by atoms with Crippen LogP contribution in [-0.2, 0) is 20.2 Å². The van der Waals surface area contributed by atoms with E-state index in [-0.39, 0.29) is 22.6 Å². The van der Waals surface area contributed by atoms with Gasteiger partial charge in [0.05, 0.1) is 4.90 Å². The van der Waals surface area contributed by atoms with Crippen molar-refractivity contribution in [3.8, 4) is 0 Å². The predicted molar refractivity (Wildman–Crippen MR) is 99.6 cm³/mol. The number of aliphatic carboxylic acids is 1. The second kappa shape index (κ2) is 6.21. The maximum absolute atomic E-state index is 12.8. The van der Waals surface area contributed by atoms with Gasteiger partial charge in [0.1, 0.15) is 5.54 Å². The number of hydrogen-bond donors (Lipinski definition) is 2. The molecule has 2 aromatic carbocycles. The van der Waals surface area contributed by atoms with Crippen LogP contribution in [0.15, 0.2) is 59.5 Å². The Morgan fingerprint density at radius 2 is 1.65 bits per heavy atom. The molecule has 2 unspecified atom stereocenters. The number of benzene rings is 2. The molecule has 3 rings (SSSR count). The van der Waals surface area contributed by atoms with Crippen molar-refractivity contribution in [1.82, 2.24) is 4.72 Å². The fourth-order valence-corrected chi connectivity index (χ4v) is 4.58. The van der Waals surface area contributed by atoms with E-state index in [2.05, 4.69) is 4.72 Å². The van der Waals surface area contributed by atoms with Crippen LogP contribution in [-0.4, -0.2) is 25.0 Å². The maximum atomic E-state index is 12.8. The Labute approximate surface area is 154 Å². The quantitative estimate of drug-likeness (QED) is 0.842. The fraction of sp³-hybridized carbons (Fsp3) is 0.350. The first-order chi connectivity index (χ1) is 12.1. The van der Waals surface area contributed by atoms with Gasteiger partial charge < -0.3 is 5.11 Å². The lowest BCUT2D eigenvalue weighted by Crippen LogP contribution is -2.44. The van der Waals surface area contributed by atoms with Crippen LogP contribution in [0.3, 0.4) is 0 Å². The minimum Gasteiger partial charge on any atom is -0.480 e. The highest BCUT2D eigenvalue weighted by Gasteiger charge is 2.63. The van der Waals surface area contributed by atoms with Crippen LogP contribution in [0, 0.1) is 0 Å². The lowest BCUT2D eigenvalue weighted by atomic mass is 9.87. The van der Waals surface area contributed by atoms with Gasteiger partial charge in [-0.25, -0.2) is 8.42 Å². The lowest BCUT2D eigenvalue weighted by Gasteiger charge is -2.20. The number of sulfonamides is 1. The number of nitrogens with one attached hydrogen (secondary N) is 1. The Hall–Kier alpha value is -2.18. The molecule has 138 valence electrons. The van der Waals surface area contributed by atoms with Gasteiger partial charge in [-0.05, 0) is 35.1 Å². The summed E-state index contributed by atoms with van der Waals surface area (Å²) in [5.41, 5.74) is 0.258. The van der Waals surface area contributed by atoms with Gasteiger partial charge in [0.25, 0.3) is 0 Å². The molecule has 0 bridgehead atoms. The molecule has 1 fully saturated rings. The number of carboxylic acids is 1. The number of carbonyl (C=O) groups is 1. The van der Waals surface area contributed by atoms with Crippen molar-refractivity contribution in [2.24, 2.45) is 0 Å². The van der Waals surface area contributed by atoms with Gasteiger partial charge in [0.15, 0.2) is 0 Å². The second-order valence-corrected chi connectivity index (χ2v) is 9.51. The minimum atomic E-state index is -3.93. The molecule has 1 aliphatic rings. The highest BCUT2D eigenvalue weighted by atomic mass is 32.2. The number of rotatable bonds is 5. The van der Waals surface area contributed by atoms with Crippen molar-refractivity contribution < 1.29 is 18.3 Å². The molecule has 2 N–H and O–H groups in total. The monoisotopic (exact) mass is 373 g/mol. The van der Waals surface area contributed by atoms with E-state index in [0.717, 1.165) is 11.1 Å². The van der Waals surface area contributed by atoms with Crippen molar-refractivity contribution in [2.75, 3.05) is 0 Å². The molecule has 2 atom stereocenters. The highest BCUT2D eigenvalue weighted by molar-refractivity contribution is 7.89. The first-order valence-corrected chi connectivity index (χ1v) is 9.97. The molecule has 1 saturated carbocycles. The van der Waals surface area contributed by atoms with Gasteiger partial charge in [-0.3, -0.25) is 4.79 Å².